The maximum absolute atomic E-state index is 11.7. The second kappa shape index (κ2) is 9.40. The van der Waals surface area contributed by atoms with E-state index < -0.39 is 5.82 Å². The fourth-order valence-corrected chi connectivity index (χ4v) is 2.29. The van der Waals surface area contributed by atoms with Crippen LogP contribution in [0, 0.1) is 5.41 Å². The van der Waals surface area contributed by atoms with Crippen LogP contribution in [0.15, 0.2) is 54.6 Å². The lowest BCUT2D eigenvalue weighted by Gasteiger charge is -2.13. The predicted octanol–water partition coefficient (Wildman–Crippen LogP) is 2.74. The van der Waals surface area contributed by atoms with E-state index in [1.807, 2.05) is 54.6 Å². The van der Waals surface area contributed by atoms with E-state index in [4.69, 9.17) is 19.5 Å². The molecule has 0 bridgehead atoms. The van der Waals surface area contributed by atoms with Crippen molar-refractivity contribution in [2.45, 2.75) is 18.8 Å². The van der Waals surface area contributed by atoms with E-state index in [9.17, 15) is 4.79 Å². The second-order valence-electron chi connectivity index (χ2n) is 5.29. The van der Waals surface area contributed by atoms with Gasteiger partial charge >= 0.3 is 13.5 Å². The SMILES string of the molecule is COC(=O)[C@@H](BOC=N)Cc1ccc(OCc2ccccc2)cc1. The molecule has 0 aromatic heterocycles. The molecule has 1 atom stereocenters. The van der Waals surface area contributed by atoms with Gasteiger partial charge in [0.05, 0.1) is 12.9 Å². The lowest BCUT2D eigenvalue weighted by molar-refractivity contribution is -0.140. The van der Waals surface area contributed by atoms with Crippen LogP contribution in [0.3, 0.4) is 0 Å². The molecule has 0 saturated heterocycles. The number of esters is 1. The third kappa shape index (κ3) is 5.46. The van der Waals surface area contributed by atoms with Crippen molar-refractivity contribution in [2.75, 3.05) is 7.11 Å². The van der Waals surface area contributed by atoms with E-state index in [2.05, 4.69) is 0 Å². The number of methoxy groups -OCH3 is 1. The minimum absolute atomic E-state index is 0.127. The average Bonchev–Trinajstić information content (AvgIpc) is 2.64. The fraction of sp³-hybridized carbons (Fsp3) is 0.222. The molecular formula is C18H20BNO4. The molecule has 24 heavy (non-hydrogen) atoms. The summed E-state index contributed by atoms with van der Waals surface area (Å²) in [6, 6.07) is 17.5. The molecule has 0 unspecified atom stereocenters. The number of hydrogen-bond donors (Lipinski definition) is 1. The van der Waals surface area contributed by atoms with Gasteiger partial charge in [0.15, 0.2) is 0 Å². The highest BCUT2D eigenvalue weighted by Gasteiger charge is 2.22. The van der Waals surface area contributed by atoms with Gasteiger partial charge in [0.25, 0.3) is 0 Å². The molecule has 0 aliphatic rings. The summed E-state index contributed by atoms with van der Waals surface area (Å²) in [6.07, 6.45) is 1.32. The molecule has 2 aromatic carbocycles. The summed E-state index contributed by atoms with van der Waals surface area (Å²) in [7, 11) is 1.47. The summed E-state index contributed by atoms with van der Waals surface area (Å²) in [5.74, 6) is -0.0121. The quantitative estimate of drug-likeness (QED) is 0.333. The van der Waals surface area contributed by atoms with Gasteiger partial charge in [0, 0.05) is 0 Å². The van der Waals surface area contributed by atoms with Crippen LogP contribution in [0.25, 0.3) is 0 Å². The Morgan fingerprint density at radius 3 is 2.46 bits per heavy atom. The summed E-state index contributed by atoms with van der Waals surface area (Å²) in [5, 5.41) is 6.90. The van der Waals surface area contributed by atoms with Crippen LogP contribution in [0.2, 0.25) is 5.82 Å². The van der Waals surface area contributed by atoms with Crippen molar-refractivity contribution in [1.82, 2.24) is 0 Å². The van der Waals surface area contributed by atoms with E-state index in [0.29, 0.717) is 13.0 Å². The largest absolute Gasteiger partial charge is 0.556 e. The van der Waals surface area contributed by atoms with Gasteiger partial charge in [-0.1, -0.05) is 42.5 Å². The van der Waals surface area contributed by atoms with Crippen molar-refractivity contribution >= 4 is 19.9 Å². The Bertz CT molecular complexity index is 646. The molecule has 0 amide bonds. The number of carbonyl (C=O) groups is 1. The van der Waals surface area contributed by atoms with Gasteiger partial charge in [0.2, 0.25) is 0 Å². The molecule has 1 N–H and O–H groups in total. The number of carbonyl (C=O) groups excluding carboxylic acids is 1. The van der Waals surface area contributed by atoms with Crippen LogP contribution in [-0.4, -0.2) is 27.0 Å². The summed E-state index contributed by atoms with van der Waals surface area (Å²) >= 11 is 0. The highest BCUT2D eigenvalue weighted by Crippen LogP contribution is 2.19. The van der Waals surface area contributed by atoms with Crippen molar-refractivity contribution in [2.24, 2.45) is 0 Å². The van der Waals surface area contributed by atoms with E-state index in [1.165, 1.54) is 7.11 Å². The van der Waals surface area contributed by atoms with E-state index in [0.717, 1.165) is 23.3 Å². The van der Waals surface area contributed by atoms with E-state index >= 15 is 0 Å². The van der Waals surface area contributed by atoms with Crippen LogP contribution < -0.4 is 4.74 Å². The number of benzene rings is 2. The maximum atomic E-state index is 11.7. The number of nitrogens with one attached hydrogen (secondary N) is 1. The lowest BCUT2D eigenvalue weighted by atomic mass is 9.76. The molecule has 0 radical (unpaired) electrons. The fourth-order valence-electron chi connectivity index (χ4n) is 2.29. The summed E-state index contributed by atoms with van der Waals surface area (Å²) < 4.78 is 15.4. The summed E-state index contributed by atoms with van der Waals surface area (Å²) in [4.78, 5) is 11.7. The zero-order chi connectivity index (χ0) is 17.2. The molecule has 0 aliphatic carbocycles. The van der Waals surface area contributed by atoms with Crippen molar-refractivity contribution in [1.29, 1.82) is 5.41 Å². The molecule has 0 spiro atoms. The first kappa shape index (κ1) is 17.6. The monoisotopic (exact) mass is 325 g/mol. The van der Waals surface area contributed by atoms with E-state index in [1.54, 1.807) is 0 Å². The van der Waals surface area contributed by atoms with Gasteiger partial charge in [-0.15, -0.1) is 0 Å². The maximum Gasteiger partial charge on any atom is 0.355 e. The molecule has 6 heteroatoms. The Balaban J connectivity index is 1.92. The number of ether oxygens (including phenoxy) is 2. The van der Waals surface area contributed by atoms with Gasteiger partial charge in [-0.3, -0.25) is 10.2 Å². The Morgan fingerprint density at radius 2 is 1.83 bits per heavy atom. The zero-order valence-corrected chi connectivity index (χ0v) is 13.6. The minimum Gasteiger partial charge on any atom is -0.556 e. The van der Waals surface area contributed by atoms with E-state index in [-0.39, 0.29) is 13.5 Å². The van der Waals surface area contributed by atoms with Gasteiger partial charge in [0.1, 0.15) is 18.8 Å². The van der Waals surface area contributed by atoms with Crippen molar-refractivity contribution in [3.05, 3.63) is 65.7 Å². The van der Waals surface area contributed by atoms with Gasteiger partial charge in [-0.25, -0.2) is 0 Å². The smallest absolute Gasteiger partial charge is 0.355 e. The Kier molecular flexibility index (Phi) is 6.89. The normalized spacial score (nSPS) is 11.2. The highest BCUT2D eigenvalue weighted by molar-refractivity contribution is 6.38. The first-order chi connectivity index (χ1) is 11.7. The third-order valence-electron chi connectivity index (χ3n) is 3.57. The van der Waals surface area contributed by atoms with Crippen molar-refractivity contribution in [3.63, 3.8) is 0 Å². The molecule has 124 valence electrons. The van der Waals surface area contributed by atoms with Crippen LogP contribution in [0.5, 0.6) is 5.75 Å². The topological polar surface area (TPSA) is 68.6 Å². The summed E-state index contributed by atoms with van der Waals surface area (Å²) in [5.41, 5.74) is 2.09. The Morgan fingerprint density at radius 1 is 1.12 bits per heavy atom. The second-order valence-corrected chi connectivity index (χ2v) is 5.29. The number of hydrogen-bond acceptors (Lipinski definition) is 5. The average molecular weight is 325 g/mol. The zero-order valence-electron chi connectivity index (χ0n) is 13.6. The highest BCUT2D eigenvalue weighted by atomic mass is 16.5. The standard InChI is InChI=1S/C18H20BNO4/c1-22-18(21)17(19-24-13-20)11-14-7-9-16(10-8-14)23-12-15-5-3-2-4-6-15/h2-10,13,17,19-20H,11-12H2,1H3/t17-/m0/s1. The summed E-state index contributed by atoms with van der Waals surface area (Å²) in [6.45, 7) is 0.512. The first-order valence-corrected chi connectivity index (χ1v) is 7.67. The molecule has 0 fully saturated rings. The molecular weight excluding hydrogens is 305 g/mol. The van der Waals surface area contributed by atoms with Gasteiger partial charge in [-0.2, -0.15) is 0 Å². The van der Waals surface area contributed by atoms with Crippen LogP contribution in [0.4, 0.5) is 0 Å². The molecule has 0 aliphatic heterocycles. The lowest BCUT2D eigenvalue weighted by Crippen LogP contribution is -2.21. The minimum atomic E-state index is -0.437. The van der Waals surface area contributed by atoms with Crippen LogP contribution in [0.1, 0.15) is 11.1 Å². The van der Waals surface area contributed by atoms with Crippen LogP contribution >= 0.6 is 0 Å². The molecule has 0 heterocycles. The molecule has 5 nitrogen and oxygen atoms in total. The van der Waals surface area contributed by atoms with Crippen molar-refractivity contribution in [3.8, 4) is 5.75 Å². The van der Waals surface area contributed by atoms with Crippen molar-refractivity contribution < 1.29 is 18.9 Å². The van der Waals surface area contributed by atoms with Crippen LogP contribution in [-0.2, 0) is 27.2 Å². The Labute approximate surface area is 142 Å². The third-order valence-corrected chi connectivity index (χ3v) is 3.57. The van der Waals surface area contributed by atoms with Gasteiger partial charge in [-0.05, 0) is 29.7 Å². The first-order valence-electron chi connectivity index (χ1n) is 7.67. The number of rotatable bonds is 9. The Hall–Kier alpha value is -2.76. The molecule has 2 rings (SSSR count). The molecule has 2 aromatic rings. The van der Waals surface area contributed by atoms with Gasteiger partial charge < -0.3 is 14.1 Å². The molecule has 0 saturated carbocycles. The predicted molar refractivity (Wildman–Crippen MR) is 93.7 cm³/mol.